The van der Waals surface area contributed by atoms with E-state index in [2.05, 4.69) is 48.1 Å². The van der Waals surface area contributed by atoms with Gasteiger partial charge in [0.2, 0.25) is 0 Å². The normalized spacial score (nSPS) is 20.9. The van der Waals surface area contributed by atoms with Gasteiger partial charge in [-0.3, -0.25) is 9.88 Å². The molecule has 0 bridgehead atoms. The Hall–Kier alpha value is -0.930. The molecular formula is C16H27N3. The molecule has 1 aliphatic heterocycles. The lowest BCUT2D eigenvalue weighted by Crippen LogP contribution is -2.26. The molecule has 0 aromatic carbocycles. The van der Waals surface area contributed by atoms with Crippen molar-refractivity contribution in [2.45, 2.75) is 40.3 Å². The number of nitrogens with one attached hydrogen (secondary N) is 1. The topological polar surface area (TPSA) is 28.2 Å². The minimum absolute atomic E-state index is 0.429. The number of hydrogen-bond donors (Lipinski definition) is 1. The lowest BCUT2D eigenvalue weighted by molar-refractivity contribution is 0.225. The first kappa shape index (κ1) is 14.5. The van der Waals surface area contributed by atoms with Crippen LogP contribution in [0.1, 0.15) is 38.4 Å². The second-order valence-electron chi connectivity index (χ2n) is 6.77. The number of likely N-dealkylation sites (tertiary alicyclic amines) is 1. The van der Waals surface area contributed by atoms with Gasteiger partial charge in [0, 0.05) is 25.8 Å². The maximum atomic E-state index is 4.57. The molecule has 1 aromatic rings. The fourth-order valence-corrected chi connectivity index (χ4v) is 2.77. The van der Waals surface area contributed by atoms with Crippen LogP contribution in [0.25, 0.3) is 0 Å². The molecule has 1 aliphatic rings. The van der Waals surface area contributed by atoms with Gasteiger partial charge in [0.15, 0.2) is 0 Å². The molecule has 1 unspecified atom stereocenters. The van der Waals surface area contributed by atoms with Crippen molar-refractivity contribution < 1.29 is 0 Å². The molecule has 0 spiro atoms. The molecule has 3 heteroatoms. The summed E-state index contributed by atoms with van der Waals surface area (Å²) < 4.78 is 0. The standard InChI is InChI=1S/C16H27N3/c1-16(2,3)14-7-8-19(11-14)12-15-6-5-13(9-17-4)10-18-15/h5-6,10,14,17H,7-9,11-12H2,1-4H3. The Bertz CT molecular complexity index is 391. The zero-order valence-electron chi connectivity index (χ0n) is 12.7. The summed E-state index contributed by atoms with van der Waals surface area (Å²) in [6.07, 6.45) is 3.31. The SMILES string of the molecule is CNCc1ccc(CN2CCC(C(C)(C)C)C2)nc1. The Kier molecular flexibility index (Phi) is 4.58. The van der Waals surface area contributed by atoms with E-state index in [-0.39, 0.29) is 0 Å². The number of hydrogen-bond acceptors (Lipinski definition) is 3. The van der Waals surface area contributed by atoms with Crippen LogP contribution < -0.4 is 5.32 Å². The average molecular weight is 261 g/mol. The molecule has 2 heterocycles. The fourth-order valence-electron chi connectivity index (χ4n) is 2.77. The van der Waals surface area contributed by atoms with Crippen molar-refractivity contribution in [3.63, 3.8) is 0 Å². The highest BCUT2D eigenvalue weighted by Crippen LogP contribution is 2.33. The Labute approximate surface area is 117 Å². The minimum atomic E-state index is 0.429. The number of nitrogens with zero attached hydrogens (tertiary/aromatic N) is 2. The van der Waals surface area contributed by atoms with E-state index >= 15 is 0 Å². The van der Waals surface area contributed by atoms with Crippen molar-refractivity contribution in [1.29, 1.82) is 0 Å². The molecule has 0 aliphatic carbocycles. The summed E-state index contributed by atoms with van der Waals surface area (Å²) in [5, 5.41) is 3.15. The molecule has 2 rings (SSSR count). The Balaban J connectivity index is 1.88. The van der Waals surface area contributed by atoms with Gasteiger partial charge in [0.1, 0.15) is 0 Å². The van der Waals surface area contributed by atoms with Crippen LogP contribution in [0.3, 0.4) is 0 Å². The van der Waals surface area contributed by atoms with Crippen molar-refractivity contribution in [1.82, 2.24) is 15.2 Å². The predicted molar refractivity (Wildman–Crippen MR) is 79.8 cm³/mol. The molecule has 0 radical (unpaired) electrons. The Morgan fingerprint density at radius 2 is 2.16 bits per heavy atom. The highest BCUT2D eigenvalue weighted by molar-refractivity contribution is 5.14. The Morgan fingerprint density at radius 1 is 1.37 bits per heavy atom. The number of aromatic nitrogens is 1. The van der Waals surface area contributed by atoms with Gasteiger partial charge in [0.05, 0.1) is 5.69 Å². The van der Waals surface area contributed by atoms with Gasteiger partial charge in [-0.15, -0.1) is 0 Å². The van der Waals surface area contributed by atoms with Crippen LogP contribution in [0.5, 0.6) is 0 Å². The first-order valence-corrected chi connectivity index (χ1v) is 7.30. The van der Waals surface area contributed by atoms with Gasteiger partial charge in [-0.2, -0.15) is 0 Å². The second kappa shape index (κ2) is 6.02. The van der Waals surface area contributed by atoms with Crippen LogP contribution in [0, 0.1) is 11.3 Å². The summed E-state index contributed by atoms with van der Waals surface area (Å²) in [5.41, 5.74) is 2.87. The van der Waals surface area contributed by atoms with Gasteiger partial charge in [-0.05, 0) is 43.0 Å². The van der Waals surface area contributed by atoms with Crippen molar-refractivity contribution in [3.05, 3.63) is 29.6 Å². The Morgan fingerprint density at radius 3 is 2.68 bits per heavy atom. The third kappa shape index (κ3) is 4.02. The van der Waals surface area contributed by atoms with E-state index < -0.39 is 0 Å². The van der Waals surface area contributed by atoms with Crippen LogP contribution >= 0.6 is 0 Å². The molecule has 1 fully saturated rings. The lowest BCUT2D eigenvalue weighted by Gasteiger charge is -2.27. The van der Waals surface area contributed by atoms with E-state index in [1.807, 2.05) is 13.2 Å². The molecule has 1 atom stereocenters. The highest BCUT2D eigenvalue weighted by atomic mass is 15.2. The van der Waals surface area contributed by atoms with Gasteiger partial charge < -0.3 is 5.32 Å². The first-order chi connectivity index (χ1) is 8.99. The minimum Gasteiger partial charge on any atom is -0.316 e. The van der Waals surface area contributed by atoms with Crippen molar-refractivity contribution >= 4 is 0 Å². The molecule has 106 valence electrons. The van der Waals surface area contributed by atoms with Gasteiger partial charge in [-0.1, -0.05) is 26.8 Å². The summed E-state index contributed by atoms with van der Waals surface area (Å²) in [5.74, 6) is 0.816. The van der Waals surface area contributed by atoms with Gasteiger partial charge in [-0.25, -0.2) is 0 Å². The summed E-state index contributed by atoms with van der Waals surface area (Å²) in [7, 11) is 1.96. The lowest BCUT2D eigenvalue weighted by atomic mass is 9.80. The summed E-state index contributed by atoms with van der Waals surface area (Å²) in [6, 6.07) is 4.34. The van der Waals surface area contributed by atoms with Crippen molar-refractivity contribution in [2.75, 3.05) is 20.1 Å². The second-order valence-corrected chi connectivity index (χ2v) is 6.77. The van der Waals surface area contributed by atoms with E-state index in [4.69, 9.17) is 0 Å². The van der Waals surface area contributed by atoms with E-state index in [0.717, 1.165) is 19.0 Å². The van der Waals surface area contributed by atoms with E-state index in [1.165, 1.54) is 30.8 Å². The summed E-state index contributed by atoms with van der Waals surface area (Å²) in [4.78, 5) is 7.10. The molecule has 0 saturated carbocycles. The smallest absolute Gasteiger partial charge is 0.0544 e. The quantitative estimate of drug-likeness (QED) is 0.903. The van der Waals surface area contributed by atoms with Crippen LogP contribution in [-0.4, -0.2) is 30.0 Å². The van der Waals surface area contributed by atoms with Gasteiger partial charge in [0.25, 0.3) is 0 Å². The van der Waals surface area contributed by atoms with Crippen LogP contribution in [0.2, 0.25) is 0 Å². The molecule has 3 nitrogen and oxygen atoms in total. The molecule has 0 amide bonds. The van der Waals surface area contributed by atoms with Crippen LogP contribution in [0.4, 0.5) is 0 Å². The van der Waals surface area contributed by atoms with Crippen molar-refractivity contribution in [3.8, 4) is 0 Å². The summed E-state index contributed by atoms with van der Waals surface area (Å²) in [6.45, 7) is 11.4. The predicted octanol–water partition coefficient (Wildman–Crippen LogP) is 2.67. The van der Waals surface area contributed by atoms with E-state index in [9.17, 15) is 0 Å². The maximum absolute atomic E-state index is 4.57. The third-order valence-electron chi connectivity index (χ3n) is 4.15. The fraction of sp³-hybridized carbons (Fsp3) is 0.688. The van der Waals surface area contributed by atoms with E-state index in [0.29, 0.717) is 5.41 Å². The highest BCUT2D eigenvalue weighted by Gasteiger charge is 2.31. The van der Waals surface area contributed by atoms with E-state index in [1.54, 1.807) is 0 Å². The number of rotatable bonds is 4. The molecule has 19 heavy (non-hydrogen) atoms. The average Bonchev–Trinajstić information content (AvgIpc) is 2.80. The maximum Gasteiger partial charge on any atom is 0.0544 e. The van der Waals surface area contributed by atoms with Crippen LogP contribution in [-0.2, 0) is 13.1 Å². The third-order valence-corrected chi connectivity index (χ3v) is 4.15. The monoisotopic (exact) mass is 261 g/mol. The van der Waals surface area contributed by atoms with Crippen LogP contribution in [0.15, 0.2) is 18.3 Å². The molecule has 1 N–H and O–H groups in total. The van der Waals surface area contributed by atoms with Gasteiger partial charge >= 0.3 is 0 Å². The first-order valence-electron chi connectivity index (χ1n) is 7.30. The van der Waals surface area contributed by atoms with Crippen molar-refractivity contribution in [2.24, 2.45) is 11.3 Å². The zero-order valence-corrected chi connectivity index (χ0v) is 12.7. The molecule has 1 aromatic heterocycles. The summed E-state index contributed by atoms with van der Waals surface area (Å²) >= 11 is 0. The molecular weight excluding hydrogens is 234 g/mol. The molecule has 1 saturated heterocycles. The largest absolute Gasteiger partial charge is 0.316 e. The zero-order chi connectivity index (χ0) is 13.9. The number of pyridine rings is 1.